The lowest BCUT2D eigenvalue weighted by Gasteiger charge is -2.45. The number of aliphatic hydroxyl groups is 2. The first-order chi connectivity index (χ1) is 10.9. The highest BCUT2D eigenvalue weighted by Crippen LogP contribution is 2.30. The van der Waals surface area contributed by atoms with Crippen LogP contribution in [0.4, 0.5) is 0 Å². The number of ether oxygens (including phenoxy) is 6. The molecule has 2 heterocycles. The Kier molecular flexibility index (Phi) is 6.76. The van der Waals surface area contributed by atoms with Gasteiger partial charge in [-0.1, -0.05) is 0 Å². The normalized spacial score (nSPS) is 48.4. The first kappa shape index (κ1) is 19.0. The maximum Gasteiger partial charge on any atom is 0.187 e. The molecule has 0 aromatic heterocycles. The molecule has 0 spiro atoms. The van der Waals surface area contributed by atoms with E-state index in [4.69, 9.17) is 28.4 Å². The quantitative estimate of drug-likeness (QED) is 0.703. The van der Waals surface area contributed by atoms with Crippen LogP contribution in [0.1, 0.15) is 20.3 Å². The highest BCUT2D eigenvalue weighted by molar-refractivity contribution is 4.91. The standard InChI is InChI=1S/C15H28O8/c1-7-11(16)14(20-5)12(17)15(22-7)23-13-8(2)21-10(19-4)6-9(13)18-3/h7-17H,6H2,1-5H3/t7-,8?,9?,10?,11-,12-,13?,14-,15+/m1/s1. The van der Waals surface area contributed by atoms with Gasteiger partial charge in [-0.3, -0.25) is 0 Å². The highest BCUT2D eigenvalue weighted by atomic mass is 16.7. The predicted molar refractivity (Wildman–Crippen MR) is 78.8 cm³/mol. The van der Waals surface area contributed by atoms with Crippen molar-refractivity contribution < 1.29 is 38.6 Å². The number of aliphatic hydroxyl groups excluding tert-OH is 2. The summed E-state index contributed by atoms with van der Waals surface area (Å²) < 4.78 is 33.1. The molecule has 2 aliphatic rings. The summed E-state index contributed by atoms with van der Waals surface area (Å²) >= 11 is 0. The maximum atomic E-state index is 10.3. The number of hydrogen-bond donors (Lipinski definition) is 2. The smallest absolute Gasteiger partial charge is 0.187 e. The van der Waals surface area contributed by atoms with Crippen LogP contribution in [-0.4, -0.2) is 86.9 Å². The Morgan fingerprint density at radius 3 is 2.09 bits per heavy atom. The van der Waals surface area contributed by atoms with Crippen molar-refractivity contribution in [3.05, 3.63) is 0 Å². The second-order valence-electron chi connectivity index (χ2n) is 6.01. The zero-order valence-electron chi connectivity index (χ0n) is 14.2. The molecule has 4 unspecified atom stereocenters. The van der Waals surface area contributed by atoms with Crippen LogP contribution in [0.2, 0.25) is 0 Å². The average molecular weight is 336 g/mol. The van der Waals surface area contributed by atoms with Crippen LogP contribution in [0.5, 0.6) is 0 Å². The fourth-order valence-electron chi connectivity index (χ4n) is 3.12. The van der Waals surface area contributed by atoms with Crippen molar-refractivity contribution >= 4 is 0 Å². The van der Waals surface area contributed by atoms with E-state index in [0.29, 0.717) is 6.42 Å². The van der Waals surface area contributed by atoms with E-state index < -0.39 is 36.8 Å². The second-order valence-corrected chi connectivity index (χ2v) is 6.01. The Morgan fingerprint density at radius 2 is 1.52 bits per heavy atom. The van der Waals surface area contributed by atoms with Crippen molar-refractivity contribution in [1.82, 2.24) is 0 Å². The molecule has 0 amide bonds. The van der Waals surface area contributed by atoms with Gasteiger partial charge in [-0.15, -0.1) is 0 Å². The third-order valence-electron chi connectivity index (χ3n) is 4.53. The molecule has 0 radical (unpaired) electrons. The average Bonchev–Trinajstić information content (AvgIpc) is 2.54. The minimum absolute atomic E-state index is 0.261. The molecule has 23 heavy (non-hydrogen) atoms. The topological polar surface area (TPSA) is 95.8 Å². The molecule has 2 N–H and O–H groups in total. The molecule has 2 aliphatic heterocycles. The third-order valence-corrected chi connectivity index (χ3v) is 4.53. The molecular weight excluding hydrogens is 308 g/mol. The summed E-state index contributed by atoms with van der Waals surface area (Å²) in [5.41, 5.74) is 0. The fraction of sp³-hybridized carbons (Fsp3) is 1.00. The molecule has 0 bridgehead atoms. The second kappa shape index (κ2) is 8.17. The number of rotatable bonds is 5. The molecule has 0 aliphatic carbocycles. The van der Waals surface area contributed by atoms with E-state index in [1.54, 1.807) is 21.1 Å². The van der Waals surface area contributed by atoms with Gasteiger partial charge in [0.15, 0.2) is 12.6 Å². The zero-order valence-corrected chi connectivity index (χ0v) is 14.2. The van der Waals surface area contributed by atoms with Crippen LogP contribution in [0.15, 0.2) is 0 Å². The van der Waals surface area contributed by atoms with Crippen molar-refractivity contribution in [3.63, 3.8) is 0 Å². The van der Waals surface area contributed by atoms with Gasteiger partial charge in [-0.2, -0.15) is 0 Å². The Labute approximate surface area is 136 Å². The molecule has 8 nitrogen and oxygen atoms in total. The molecule has 9 atom stereocenters. The maximum absolute atomic E-state index is 10.3. The predicted octanol–water partition coefficient (Wildman–Crippen LogP) is -0.350. The first-order valence-electron chi connectivity index (χ1n) is 7.83. The van der Waals surface area contributed by atoms with Gasteiger partial charge in [0.05, 0.1) is 18.3 Å². The van der Waals surface area contributed by atoms with Gasteiger partial charge >= 0.3 is 0 Å². The van der Waals surface area contributed by atoms with Gasteiger partial charge in [0, 0.05) is 27.8 Å². The van der Waals surface area contributed by atoms with Crippen molar-refractivity contribution in [2.45, 2.75) is 75.6 Å². The summed E-state index contributed by atoms with van der Waals surface area (Å²) in [5.74, 6) is 0. The van der Waals surface area contributed by atoms with Gasteiger partial charge in [0.2, 0.25) is 0 Å². The van der Waals surface area contributed by atoms with E-state index in [0.717, 1.165) is 0 Å². The lowest BCUT2D eigenvalue weighted by molar-refractivity contribution is -0.338. The Balaban J connectivity index is 2.07. The van der Waals surface area contributed by atoms with Crippen LogP contribution < -0.4 is 0 Å². The van der Waals surface area contributed by atoms with Crippen molar-refractivity contribution in [3.8, 4) is 0 Å². The largest absolute Gasteiger partial charge is 0.388 e. The molecule has 0 aromatic rings. The van der Waals surface area contributed by atoms with Crippen molar-refractivity contribution in [2.24, 2.45) is 0 Å². The van der Waals surface area contributed by atoms with E-state index >= 15 is 0 Å². The molecule has 2 saturated heterocycles. The lowest BCUT2D eigenvalue weighted by atomic mass is 9.98. The van der Waals surface area contributed by atoms with Crippen LogP contribution >= 0.6 is 0 Å². The molecule has 0 aromatic carbocycles. The molecule has 8 heteroatoms. The van der Waals surface area contributed by atoms with E-state index in [1.807, 2.05) is 6.92 Å². The lowest BCUT2D eigenvalue weighted by Crippen LogP contribution is -2.60. The fourth-order valence-corrected chi connectivity index (χ4v) is 3.12. The first-order valence-corrected chi connectivity index (χ1v) is 7.83. The summed E-state index contributed by atoms with van der Waals surface area (Å²) in [6.45, 7) is 3.55. The Hall–Kier alpha value is -0.320. The van der Waals surface area contributed by atoms with E-state index in [1.165, 1.54) is 7.11 Å². The molecular formula is C15H28O8. The van der Waals surface area contributed by atoms with E-state index in [2.05, 4.69) is 0 Å². The number of hydrogen-bond acceptors (Lipinski definition) is 8. The van der Waals surface area contributed by atoms with E-state index in [9.17, 15) is 10.2 Å². The van der Waals surface area contributed by atoms with Crippen LogP contribution in [-0.2, 0) is 28.4 Å². The van der Waals surface area contributed by atoms with Gasteiger partial charge < -0.3 is 38.6 Å². The number of methoxy groups -OCH3 is 3. The monoisotopic (exact) mass is 336 g/mol. The van der Waals surface area contributed by atoms with Crippen LogP contribution in [0.3, 0.4) is 0 Å². The minimum Gasteiger partial charge on any atom is -0.388 e. The van der Waals surface area contributed by atoms with Crippen molar-refractivity contribution in [1.29, 1.82) is 0 Å². The summed E-state index contributed by atoms with van der Waals surface area (Å²) in [5, 5.41) is 20.4. The summed E-state index contributed by atoms with van der Waals surface area (Å²) in [4.78, 5) is 0. The van der Waals surface area contributed by atoms with Gasteiger partial charge in [0.1, 0.15) is 24.4 Å². The highest BCUT2D eigenvalue weighted by Gasteiger charge is 2.47. The summed E-state index contributed by atoms with van der Waals surface area (Å²) in [6.07, 6.45) is -5.15. The molecule has 2 fully saturated rings. The van der Waals surface area contributed by atoms with Crippen LogP contribution in [0, 0.1) is 0 Å². The summed E-state index contributed by atoms with van der Waals surface area (Å²) in [6, 6.07) is 0. The summed E-state index contributed by atoms with van der Waals surface area (Å²) in [7, 11) is 4.60. The van der Waals surface area contributed by atoms with Gasteiger partial charge in [0.25, 0.3) is 0 Å². The molecule has 0 saturated carbocycles. The molecule has 136 valence electrons. The van der Waals surface area contributed by atoms with E-state index in [-0.39, 0.29) is 18.5 Å². The Morgan fingerprint density at radius 1 is 0.826 bits per heavy atom. The van der Waals surface area contributed by atoms with Gasteiger partial charge in [-0.05, 0) is 13.8 Å². The third kappa shape index (κ3) is 4.02. The zero-order chi connectivity index (χ0) is 17.1. The minimum atomic E-state index is -1.11. The van der Waals surface area contributed by atoms with Gasteiger partial charge in [-0.25, -0.2) is 0 Å². The SMILES string of the molecule is COC1CC(OC)C(O[C@@H]2O[C@H](C)[C@@H](O)[C@@H](OC)[C@H]2O)C(C)O1. The van der Waals surface area contributed by atoms with Crippen molar-refractivity contribution in [2.75, 3.05) is 21.3 Å². The molecule has 2 rings (SSSR count). The Bertz CT molecular complexity index is 367. The van der Waals surface area contributed by atoms with Crippen LogP contribution in [0.25, 0.3) is 0 Å².